The second-order valence-corrected chi connectivity index (χ2v) is 3.39. The molecule has 0 spiro atoms. The fraction of sp³-hybridized carbons (Fsp3) is 0.400. The Morgan fingerprint density at radius 3 is 2.50 bits per heavy atom. The fourth-order valence-corrected chi connectivity index (χ4v) is 1.15. The Morgan fingerprint density at radius 2 is 2.06 bits per heavy atom. The van der Waals surface area contributed by atoms with Crippen LogP contribution in [-0.2, 0) is 11.2 Å². The number of hydrogen-bond donors (Lipinski definition) is 2. The molecule has 1 heterocycles. The molecule has 0 amide bonds. The van der Waals surface area contributed by atoms with Crippen LogP contribution in [0.3, 0.4) is 0 Å². The van der Waals surface area contributed by atoms with Crippen LogP contribution in [0.15, 0.2) is 12.3 Å². The molecule has 0 aliphatic rings. The Labute approximate surface area is 107 Å². The van der Waals surface area contributed by atoms with Crippen molar-refractivity contribution >= 4 is 30.8 Å². The van der Waals surface area contributed by atoms with E-state index in [1.165, 1.54) is 0 Å². The molecule has 16 heavy (non-hydrogen) atoms. The van der Waals surface area contributed by atoms with Crippen LogP contribution in [0.1, 0.15) is 16.8 Å². The van der Waals surface area contributed by atoms with Crippen molar-refractivity contribution in [1.29, 1.82) is 0 Å². The van der Waals surface area contributed by atoms with Gasteiger partial charge >= 0.3 is 5.97 Å². The van der Waals surface area contributed by atoms with Crippen LogP contribution in [0.5, 0.6) is 0 Å². The van der Waals surface area contributed by atoms with Crippen LogP contribution in [0.4, 0.5) is 0 Å². The molecule has 0 saturated carbocycles. The number of aliphatic carboxylic acids is 1. The minimum absolute atomic E-state index is 0. The van der Waals surface area contributed by atoms with E-state index in [2.05, 4.69) is 4.98 Å². The number of carboxylic acids is 1. The fourth-order valence-electron chi connectivity index (χ4n) is 1.15. The monoisotopic (exact) mass is 266 g/mol. The first-order valence-corrected chi connectivity index (χ1v) is 4.41. The number of carboxylic acid groups (broad SMARTS) is 1. The standard InChI is InChI=1S/C10H14N2O2.2ClH/c1-6-3-8(5-12-7(6)2)4-9(11)10(13)14;;/h3,5,9H,4,11H2,1-2H3,(H,13,14);2*1H/t9-;;/m0../s1. The Bertz CT molecular complexity index is 359. The van der Waals surface area contributed by atoms with Crippen molar-refractivity contribution in [2.75, 3.05) is 0 Å². The molecule has 1 aromatic heterocycles. The molecule has 92 valence electrons. The van der Waals surface area contributed by atoms with E-state index < -0.39 is 12.0 Å². The first-order chi connectivity index (χ1) is 6.50. The third kappa shape index (κ3) is 4.79. The van der Waals surface area contributed by atoms with Crippen molar-refractivity contribution in [2.24, 2.45) is 5.73 Å². The number of hydrogen-bond acceptors (Lipinski definition) is 3. The number of carbonyl (C=O) groups is 1. The van der Waals surface area contributed by atoms with Gasteiger partial charge in [-0.3, -0.25) is 9.78 Å². The summed E-state index contributed by atoms with van der Waals surface area (Å²) in [7, 11) is 0. The smallest absolute Gasteiger partial charge is 0.320 e. The Morgan fingerprint density at radius 1 is 1.50 bits per heavy atom. The van der Waals surface area contributed by atoms with E-state index in [0.717, 1.165) is 16.8 Å². The maximum Gasteiger partial charge on any atom is 0.320 e. The van der Waals surface area contributed by atoms with Crippen LogP contribution in [0, 0.1) is 13.8 Å². The largest absolute Gasteiger partial charge is 0.480 e. The Balaban J connectivity index is 0. The molecule has 0 fully saturated rings. The molecule has 0 aromatic carbocycles. The zero-order valence-corrected chi connectivity index (χ0v) is 10.8. The predicted molar refractivity (Wildman–Crippen MR) is 67.5 cm³/mol. The van der Waals surface area contributed by atoms with Gasteiger partial charge in [-0.1, -0.05) is 6.07 Å². The van der Waals surface area contributed by atoms with Gasteiger partial charge in [-0.25, -0.2) is 0 Å². The average molecular weight is 267 g/mol. The summed E-state index contributed by atoms with van der Waals surface area (Å²) < 4.78 is 0. The van der Waals surface area contributed by atoms with Gasteiger partial charge in [-0.2, -0.15) is 0 Å². The first kappa shape index (κ1) is 17.6. The van der Waals surface area contributed by atoms with E-state index in [0.29, 0.717) is 6.42 Å². The van der Waals surface area contributed by atoms with Crippen molar-refractivity contribution in [3.63, 3.8) is 0 Å². The van der Waals surface area contributed by atoms with Gasteiger partial charge in [0.25, 0.3) is 0 Å². The molecule has 1 rings (SSSR count). The lowest BCUT2D eigenvalue weighted by molar-refractivity contribution is -0.138. The molecule has 4 nitrogen and oxygen atoms in total. The van der Waals surface area contributed by atoms with Crippen LogP contribution in [0.2, 0.25) is 0 Å². The molecular weight excluding hydrogens is 251 g/mol. The second kappa shape index (κ2) is 7.44. The van der Waals surface area contributed by atoms with Gasteiger partial charge < -0.3 is 10.8 Å². The zero-order chi connectivity index (χ0) is 10.7. The Kier molecular flexibility index (Phi) is 8.16. The minimum Gasteiger partial charge on any atom is -0.480 e. The van der Waals surface area contributed by atoms with Crippen molar-refractivity contribution < 1.29 is 9.90 Å². The topological polar surface area (TPSA) is 76.2 Å². The SMILES string of the molecule is Cc1cc(C[C@H](N)C(=O)O)cnc1C.Cl.Cl. The normalized spacial score (nSPS) is 10.9. The molecule has 1 aromatic rings. The van der Waals surface area contributed by atoms with Gasteiger partial charge in [-0.15, -0.1) is 24.8 Å². The van der Waals surface area contributed by atoms with Crippen LogP contribution >= 0.6 is 24.8 Å². The first-order valence-electron chi connectivity index (χ1n) is 4.41. The highest BCUT2D eigenvalue weighted by Crippen LogP contribution is 2.08. The van der Waals surface area contributed by atoms with E-state index in [1.807, 2.05) is 19.9 Å². The number of rotatable bonds is 3. The van der Waals surface area contributed by atoms with E-state index in [9.17, 15) is 4.79 Å². The van der Waals surface area contributed by atoms with Crippen molar-refractivity contribution in [3.8, 4) is 0 Å². The summed E-state index contributed by atoms with van der Waals surface area (Å²) in [6.45, 7) is 3.86. The van der Waals surface area contributed by atoms with E-state index in [-0.39, 0.29) is 24.8 Å². The lowest BCUT2D eigenvalue weighted by atomic mass is 10.1. The van der Waals surface area contributed by atoms with Crippen LogP contribution in [0.25, 0.3) is 0 Å². The molecule has 1 atom stereocenters. The summed E-state index contributed by atoms with van der Waals surface area (Å²) in [5.74, 6) is -0.983. The molecule has 0 aliphatic carbocycles. The van der Waals surface area contributed by atoms with E-state index in [4.69, 9.17) is 10.8 Å². The van der Waals surface area contributed by atoms with Gasteiger partial charge in [0, 0.05) is 11.9 Å². The van der Waals surface area contributed by atoms with Gasteiger partial charge in [0.1, 0.15) is 6.04 Å². The summed E-state index contributed by atoms with van der Waals surface area (Å²) in [5.41, 5.74) is 8.28. The Hall–Kier alpha value is -0.840. The summed E-state index contributed by atoms with van der Waals surface area (Å²) in [4.78, 5) is 14.7. The number of nitrogens with zero attached hydrogens (tertiary/aromatic N) is 1. The third-order valence-corrected chi connectivity index (χ3v) is 2.17. The molecule has 0 unspecified atom stereocenters. The van der Waals surface area contributed by atoms with E-state index >= 15 is 0 Å². The predicted octanol–water partition coefficient (Wildman–Crippen LogP) is 1.50. The number of halogens is 2. The van der Waals surface area contributed by atoms with Crippen molar-refractivity contribution in [3.05, 3.63) is 29.1 Å². The maximum atomic E-state index is 10.5. The third-order valence-electron chi connectivity index (χ3n) is 2.17. The number of pyridine rings is 1. The number of aryl methyl sites for hydroxylation is 2. The summed E-state index contributed by atoms with van der Waals surface area (Å²) in [5, 5.41) is 8.62. The number of nitrogens with two attached hydrogens (primary N) is 1. The summed E-state index contributed by atoms with van der Waals surface area (Å²) in [6.07, 6.45) is 1.99. The quantitative estimate of drug-likeness (QED) is 0.870. The van der Waals surface area contributed by atoms with Gasteiger partial charge in [-0.05, 0) is 31.4 Å². The molecule has 3 N–H and O–H groups in total. The molecule has 0 bridgehead atoms. The van der Waals surface area contributed by atoms with Crippen molar-refractivity contribution in [1.82, 2.24) is 4.98 Å². The van der Waals surface area contributed by atoms with Gasteiger partial charge in [0.05, 0.1) is 0 Å². The van der Waals surface area contributed by atoms with Gasteiger partial charge in [0.15, 0.2) is 0 Å². The van der Waals surface area contributed by atoms with Crippen LogP contribution in [-0.4, -0.2) is 22.1 Å². The average Bonchev–Trinajstić information content (AvgIpc) is 2.11. The number of aromatic nitrogens is 1. The molecule has 0 radical (unpaired) electrons. The summed E-state index contributed by atoms with van der Waals surface area (Å²) in [6, 6.07) is 1.07. The molecule has 6 heteroatoms. The lowest BCUT2D eigenvalue weighted by Gasteiger charge is -2.07. The second-order valence-electron chi connectivity index (χ2n) is 3.39. The van der Waals surface area contributed by atoms with Gasteiger partial charge in [0.2, 0.25) is 0 Å². The zero-order valence-electron chi connectivity index (χ0n) is 9.14. The van der Waals surface area contributed by atoms with Crippen molar-refractivity contribution in [2.45, 2.75) is 26.3 Å². The highest BCUT2D eigenvalue weighted by Gasteiger charge is 2.12. The molecule has 0 aliphatic heterocycles. The lowest BCUT2D eigenvalue weighted by Crippen LogP contribution is -2.32. The molecular formula is C10H16Cl2N2O2. The van der Waals surface area contributed by atoms with Crippen LogP contribution < -0.4 is 5.73 Å². The maximum absolute atomic E-state index is 10.5. The summed E-state index contributed by atoms with van der Waals surface area (Å²) >= 11 is 0. The minimum atomic E-state index is -0.983. The highest BCUT2D eigenvalue weighted by atomic mass is 35.5. The molecule has 0 saturated heterocycles. The highest BCUT2D eigenvalue weighted by molar-refractivity contribution is 5.85. The van der Waals surface area contributed by atoms with E-state index in [1.54, 1.807) is 6.20 Å².